The van der Waals surface area contributed by atoms with E-state index in [9.17, 15) is 4.79 Å². The highest BCUT2D eigenvalue weighted by Crippen LogP contribution is 2.24. The lowest BCUT2D eigenvalue weighted by Crippen LogP contribution is -2.37. The number of nitrogens with one attached hydrogen (secondary N) is 1. The highest BCUT2D eigenvalue weighted by Gasteiger charge is 2.17. The third-order valence-electron chi connectivity index (χ3n) is 3.95. The number of para-hydroxylation sites is 2. The van der Waals surface area contributed by atoms with Gasteiger partial charge in [-0.2, -0.15) is 0 Å². The summed E-state index contributed by atoms with van der Waals surface area (Å²) in [6, 6.07) is 7.74. The lowest BCUT2D eigenvalue weighted by molar-refractivity contribution is -0.122. The molecule has 0 aliphatic rings. The molecule has 1 unspecified atom stereocenters. The topological polar surface area (TPSA) is 80.0 Å². The van der Waals surface area contributed by atoms with E-state index in [-0.39, 0.29) is 25.1 Å². The van der Waals surface area contributed by atoms with E-state index < -0.39 is 0 Å². The molecule has 0 saturated carbocycles. The van der Waals surface area contributed by atoms with Crippen LogP contribution in [0.3, 0.4) is 0 Å². The molecule has 0 aliphatic carbocycles. The fourth-order valence-electron chi connectivity index (χ4n) is 2.71. The van der Waals surface area contributed by atoms with Crippen molar-refractivity contribution in [3.63, 3.8) is 0 Å². The summed E-state index contributed by atoms with van der Waals surface area (Å²) in [7, 11) is 0. The molecule has 1 amide bonds. The molecule has 6 nitrogen and oxygen atoms in total. The van der Waals surface area contributed by atoms with Gasteiger partial charge in [0.15, 0.2) is 5.82 Å². The van der Waals surface area contributed by atoms with Crippen LogP contribution in [0, 0.1) is 0 Å². The van der Waals surface area contributed by atoms with Crippen molar-refractivity contribution in [1.29, 1.82) is 0 Å². The predicted octanol–water partition coefficient (Wildman–Crippen LogP) is 2.44. The predicted molar refractivity (Wildman–Crippen MR) is 94.8 cm³/mol. The minimum absolute atomic E-state index is 0.0139. The van der Waals surface area contributed by atoms with Crippen molar-refractivity contribution in [1.82, 2.24) is 19.9 Å². The number of benzene rings is 1. The molecule has 1 aromatic carbocycles. The van der Waals surface area contributed by atoms with E-state index >= 15 is 0 Å². The summed E-state index contributed by atoms with van der Waals surface area (Å²) in [5.74, 6) is 0.609. The Morgan fingerprint density at radius 1 is 1.42 bits per heavy atom. The van der Waals surface area contributed by atoms with Gasteiger partial charge in [-0.15, -0.1) is 11.3 Å². The molecule has 126 valence electrons. The van der Waals surface area contributed by atoms with Gasteiger partial charge in [-0.1, -0.05) is 19.1 Å². The van der Waals surface area contributed by atoms with Crippen molar-refractivity contribution in [3.8, 4) is 11.5 Å². The van der Waals surface area contributed by atoms with Crippen molar-refractivity contribution in [3.05, 3.63) is 35.2 Å². The third kappa shape index (κ3) is 3.47. The van der Waals surface area contributed by atoms with Gasteiger partial charge in [0, 0.05) is 18.0 Å². The number of carbonyl (C=O) groups excluding carboxylic acids is 1. The van der Waals surface area contributed by atoms with Crippen LogP contribution < -0.4 is 5.32 Å². The van der Waals surface area contributed by atoms with Gasteiger partial charge in [-0.3, -0.25) is 4.79 Å². The minimum atomic E-state index is -0.0880. The van der Waals surface area contributed by atoms with E-state index in [1.807, 2.05) is 41.1 Å². The number of amides is 1. The summed E-state index contributed by atoms with van der Waals surface area (Å²) in [5, 5.41) is 14.0. The molecule has 2 N–H and O–H groups in total. The molecule has 2 aromatic heterocycles. The SMILES string of the molecule is CCC(CCO)NC(=O)Cn1c(-c2cscn2)nc2ccccc21. The number of fused-ring (bicyclic) bond motifs is 1. The first-order valence-electron chi connectivity index (χ1n) is 7.97. The highest BCUT2D eigenvalue weighted by molar-refractivity contribution is 7.07. The first-order valence-corrected chi connectivity index (χ1v) is 8.91. The molecule has 0 bridgehead atoms. The van der Waals surface area contributed by atoms with E-state index in [2.05, 4.69) is 15.3 Å². The number of aliphatic hydroxyl groups excluding tert-OH is 1. The van der Waals surface area contributed by atoms with E-state index in [4.69, 9.17) is 5.11 Å². The first-order chi connectivity index (χ1) is 11.7. The van der Waals surface area contributed by atoms with Crippen molar-refractivity contribution in [2.45, 2.75) is 32.4 Å². The van der Waals surface area contributed by atoms with E-state index in [1.165, 1.54) is 11.3 Å². The van der Waals surface area contributed by atoms with Gasteiger partial charge in [0.2, 0.25) is 5.91 Å². The van der Waals surface area contributed by atoms with Gasteiger partial charge in [-0.25, -0.2) is 9.97 Å². The molecule has 0 spiro atoms. The molecule has 0 aliphatic heterocycles. The second-order valence-electron chi connectivity index (χ2n) is 5.57. The van der Waals surface area contributed by atoms with E-state index in [0.717, 1.165) is 23.1 Å². The van der Waals surface area contributed by atoms with Crippen molar-refractivity contribution in [2.75, 3.05) is 6.61 Å². The van der Waals surface area contributed by atoms with Crippen LogP contribution in [0.25, 0.3) is 22.6 Å². The Morgan fingerprint density at radius 3 is 2.96 bits per heavy atom. The fraction of sp³-hybridized carbons (Fsp3) is 0.353. The third-order valence-corrected chi connectivity index (χ3v) is 4.54. The summed E-state index contributed by atoms with van der Waals surface area (Å²) < 4.78 is 1.89. The number of aliphatic hydroxyl groups is 1. The largest absolute Gasteiger partial charge is 0.396 e. The van der Waals surface area contributed by atoms with Crippen LogP contribution in [0.1, 0.15) is 19.8 Å². The second-order valence-corrected chi connectivity index (χ2v) is 6.29. The fourth-order valence-corrected chi connectivity index (χ4v) is 3.24. The van der Waals surface area contributed by atoms with Gasteiger partial charge in [-0.05, 0) is 25.0 Å². The van der Waals surface area contributed by atoms with Crippen LogP contribution in [0.15, 0.2) is 35.2 Å². The lowest BCUT2D eigenvalue weighted by Gasteiger charge is -2.16. The number of thiazole rings is 1. The molecule has 0 saturated heterocycles. The maximum absolute atomic E-state index is 12.5. The average molecular weight is 344 g/mol. The summed E-state index contributed by atoms with van der Waals surface area (Å²) in [5.41, 5.74) is 4.28. The monoisotopic (exact) mass is 344 g/mol. The van der Waals surface area contributed by atoms with Crippen LogP contribution in [0.2, 0.25) is 0 Å². The summed E-state index contributed by atoms with van der Waals surface area (Å²) in [6.45, 7) is 2.24. The molecule has 7 heteroatoms. The number of hydrogen-bond acceptors (Lipinski definition) is 5. The summed E-state index contributed by atoms with van der Waals surface area (Å²) in [6.07, 6.45) is 1.35. The Bertz CT molecular complexity index is 813. The van der Waals surface area contributed by atoms with Crippen molar-refractivity contribution >= 4 is 28.3 Å². The average Bonchev–Trinajstić information content (AvgIpc) is 3.22. The van der Waals surface area contributed by atoms with Gasteiger partial charge >= 0.3 is 0 Å². The number of aromatic nitrogens is 3. The Hall–Kier alpha value is -2.25. The zero-order valence-electron chi connectivity index (χ0n) is 13.5. The maximum Gasteiger partial charge on any atom is 0.240 e. The number of hydrogen-bond donors (Lipinski definition) is 2. The van der Waals surface area contributed by atoms with Crippen molar-refractivity contribution in [2.24, 2.45) is 0 Å². The molecular formula is C17H20N4O2S. The Morgan fingerprint density at radius 2 is 2.25 bits per heavy atom. The smallest absolute Gasteiger partial charge is 0.240 e. The molecule has 3 rings (SSSR count). The van der Waals surface area contributed by atoms with Crippen molar-refractivity contribution < 1.29 is 9.90 Å². The number of imidazole rings is 1. The lowest BCUT2D eigenvalue weighted by atomic mass is 10.1. The van der Waals surface area contributed by atoms with Gasteiger partial charge < -0.3 is 15.0 Å². The van der Waals surface area contributed by atoms with Crippen LogP contribution in [0.4, 0.5) is 0 Å². The van der Waals surface area contributed by atoms with E-state index in [0.29, 0.717) is 12.2 Å². The molecule has 1 atom stereocenters. The van der Waals surface area contributed by atoms with Crippen LogP contribution in [-0.2, 0) is 11.3 Å². The van der Waals surface area contributed by atoms with Gasteiger partial charge in [0.1, 0.15) is 12.2 Å². The van der Waals surface area contributed by atoms with Crippen LogP contribution >= 0.6 is 11.3 Å². The molecule has 24 heavy (non-hydrogen) atoms. The zero-order valence-corrected chi connectivity index (χ0v) is 14.3. The number of rotatable bonds is 7. The van der Waals surface area contributed by atoms with Gasteiger partial charge in [0.05, 0.1) is 16.5 Å². The standard InChI is InChI=1S/C17H20N4O2S/c1-2-12(7-8-22)19-16(23)9-21-15-6-4-3-5-13(15)20-17(21)14-10-24-11-18-14/h3-6,10-12,22H,2,7-9H2,1H3,(H,19,23). The molecule has 3 aromatic rings. The molecule has 2 heterocycles. The van der Waals surface area contributed by atoms with Crippen LogP contribution in [0.5, 0.6) is 0 Å². The molecule has 0 fully saturated rings. The summed E-state index contributed by atoms with van der Waals surface area (Å²) in [4.78, 5) is 21.4. The first kappa shape index (κ1) is 16.6. The Labute approximate surface area is 144 Å². The highest BCUT2D eigenvalue weighted by atomic mass is 32.1. The normalized spacial score (nSPS) is 12.4. The van der Waals surface area contributed by atoms with E-state index in [1.54, 1.807) is 5.51 Å². The Kier molecular flexibility index (Phi) is 5.22. The van der Waals surface area contributed by atoms with Crippen LogP contribution in [-0.4, -0.2) is 38.2 Å². The number of carbonyl (C=O) groups is 1. The second kappa shape index (κ2) is 7.55. The minimum Gasteiger partial charge on any atom is -0.396 e. The quantitative estimate of drug-likeness (QED) is 0.690. The van der Waals surface area contributed by atoms with Gasteiger partial charge in [0.25, 0.3) is 0 Å². The molecular weight excluding hydrogens is 324 g/mol. The Balaban J connectivity index is 1.90. The maximum atomic E-state index is 12.5. The summed E-state index contributed by atoms with van der Waals surface area (Å²) >= 11 is 1.50. The number of nitrogens with zero attached hydrogens (tertiary/aromatic N) is 3. The molecule has 0 radical (unpaired) electrons. The zero-order chi connectivity index (χ0) is 16.9.